The highest BCUT2D eigenvalue weighted by Crippen LogP contribution is 2.24. The first kappa shape index (κ1) is 20.3. The molecule has 0 aliphatic carbocycles. The van der Waals surface area contributed by atoms with Crippen molar-refractivity contribution in [3.05, 3.63) is 83.4 Å². The van der Waals surface area contributed by atoms with Gasteiger partial charge in [-0.2, -0.15) is 0 Å². The van der Waals surface area contributed by atoms with Gasteiger partial charge >= 0.3 is 0 Å². The van der Waals surface area contributed by atoms with E-state index in [1.807, 2.05) is 56.3 Å². The second kappa shape index (κ2) is 9.64. The lowest BCUT2D eigenvalue weighted by Gasteiger charge is -2.14. The van der Waals surface area contributed by atoms with Gasteiger partial charge in [0.15, 0.2) is 0 Å². The number of carbonyl (C=O) groups excluding carboxylic acids is 1. The van der Waals surface area contributed by atoms with Crippen LogP contribution in [-0.2, 0) is 6.61 Å². The molecule has 29 heavy (non-hydrogen) atoms. The summed E-state index contributed by atoms with van der Waals surface area (Å²) in [5.41, 5.74) is 3.17. The van der Waals surface area contributed by atoms with Crippen molar-refractivity contribution < 1.29 is 19.0 Å². The van der Waals surface area contributed by atoms with Crippen molar-refractivity contribution in [2.45, 2.75) is 20.5 Å². The summed E-state index contributed by atoms with van der Waals surface area (Å²) in [5.74, 6) is 1.95. The lowest BCUT2D eigenvalue weighted by atomic mass is 10.1. The van der Waals surface area contributed by atoms with Crippen molar-refractivity contribution in [2.75, 3.05) is 19.0 Å². The van der Waals surface area contributed by atoms with Gasteiger partial charge in [0, 0.05) is 22.9 Å². The van der Waals surface area contributed by atoms with Crippen molar-refractivity contribution in [1.29, 1.82) is 0 Å². The molecule has 1 N–H and O–H groups in total. The highest BCUT2D eigenvalue weighted by Gasteiger charge is 2.12. The minimum atomic E-state index is -0.210. The molecule has 0 aliphatic rings. The average Bonchev–Trinajstić information content (AvgIpc) is 2.74. The van der Waals surface area contributed by atoms with Gasteiger partial charge in [-0.3, -0.25) is 4.79 Å². The van der Waals surface area contributed by atoms with Crippen molar-refractivity contribution in [3.8, 4) is 17.2 Å². The van der Waals surface area contributed by atoms with Crippen LogP contribution < -0.4 is 19.5 Å². The van der Waals surface area contributed by atoms with Crippen molar-refractivity contribution in [1.82, 2.24) is 0 Å². The number of amides is 1. The molecule has 3 aromatic rings. The molecule has 5 nitrogen and oxygen atoms in total. The first-order chi connectivity index (χ1) is 14.1. The van der Waals surface area contributed by atoms with Crippen molar-refractivity contribution >= 4 is 11.6 Å². The summed E-state index contributed by atoms with van der Waals surface area (Å²) in [7, 11) is 1.59. The summed E-state index contributed by atoms with van der Waals surface area (Å²) in [6.45, 7) is 4.79. The maximum absolute atomic E-state index is 12.7. The standard InChI is InChI=1S/C24H25NO4/c1-4-28-23-13-10-18(24(26)25-20-6-5-7-22(15-20)27-3)14-19(23)16-29-21-11-8-17(2)9-12-21/h5-15H,4,16H2,1-3H3,(H,25,26). The molecule has 1 amide bonds. The molecule has 0 atom stereocenters. The number of anilines is 1. The van der Waals surface area contributed by atoms with E-state index in [1.54, 1.807) is 31.4 Å². The lowest BCUT2D eigenvalue weighted by molar-refractivity contribution is 0.102. The Balaban J connectivity index is 1.77. The van der Waals surface area contributed by atoms with E-state index < -0.39 is 0 Å². The van der Waals surface area contributed by atoms with Gasteiger partial charge in [-0.1, -0.05) is 23.8 Å². The van der Waals surface area contributed by atoms with E-state index >= 15 is 0 Å². The second-order valence-corrected chi connectivity index (χ2v) is 6.54. The predicted molar refractivity (Wildman–Crippen MR) is 114 cm³/mol. The third kappa shape index (κ3) is 5.51. The fourth-order valence-electron chi connectivity index (χ4n) is 2.83. The molecular weight excluding hydrogens is 366 g/mol. The largest absolute Gasteiger partial charge is 0.497 e. The monoisotopic (exact) mass is 391 g/mol. The van der Waals surface area contributed by atoms with Crippen LogP contribution >= 0.6 is 0 Å². The summed E-state index contributed by atoms with van der Waals surface area (Å²) in [6.07, 6.45) is 0. The zero-order valence-electron chi connectivity index (χ0n) is 16.9. The molecule has 0 aliphatic heterocycles. The summed E-state index contributed by atoms with van der Waals surface area (Å²) < 4.78 is 16.8. The normalized spacial score (nSPS) is 10.3. The van der Waals surface area contributed by atoms with Crippen LogP contribution in [-0.4, -0.2) is 19.6 Å². The molecule has 150 valence electrons. The summed E-state index contributed by atoms with van der Waals surface area (Å²) in [6, 6.07) is 20.4. The number of carbonyl (C=O) groups is 1. The summed E-state index contributed by atoms with van der Waals surface area (Å²) in [5, 5.41) is 2.89. The van der Waals surface area contributed by atoms with Gasteiger partial charge in [-0.25, -0.2) is 0 Å². The van der Waals surface area contributed by atoms with Crippen LogP contribution in [0.1, 0.15) is 28.4 Å². The van der Waals surface area contributed by atoms with Gasteiger partial charge in [0.05, 0.1) is 13.7 Å². The highest BCUT2D eigenvalue weighted by atomic mass is 16.5. The predicted octanol–water partition coefficient (Wildman–Crippen LogP) is 5.23. The van der Waals surface area contributed by atoms with Crippen molar-refractivity contribution in [2.24, 2.45) is 0 Å². The lowest BCUT2D eigenvalue weighted by Crippen LogP contribution is -2.13. The van der Waals surface area contributed by atoms with Crippen LogP contribution in [0.5, 0.6) is 17.2 Å². The van der Waals surface area contributed by atoms with Crippen LogP contribution in [0.15, 0.2) is 66.7 Å². The number of nitrogens with one attached hydrogen (secondary N) is 1. The fourth-order valence-corrected chi connectivity index (χ4v) is 2.83. The minimum absolute atomic E-state index is 0.210. The Morgan fingerprint density at radius 3 is 2.45 bits per heavy atom. The molecule has 3 aromatic carbocycles. The number of methoxy groups -OCH3 is 1. The minimum Gasteiger partial charge on any atom is -0.497 e. The Bertz CT molecular complexity index is 967. The zero-order chi connectivity index (χ0) is 20.6. The Kier molecular flexibility index (Phi) is 6.74. The molecule has 0 fully saturated rings. The van der Waals surface area contributed by atoms with Gasteiger partial charge in [0.1, 0.15) is 23.9 Å². The molecule has 0 aromatic heterocycles. The molecule has 0 spiro atoms. The van der Waals surface area contributed by atoms with E-state index in [0.29, 0.717) is 36.0 Å². The molecule has 0 unspecified atom stereocenters. The number of hydrogen-bond donors (Lipinski definition) is 1. The SMILES string of the molecule is CCOc1ccc(C(=O)Nc2cccc(OC)c2)cc1COc1ccc(C)cc1. The highest BCUT2D eigenvalue weighted by molar-refractivity contribution is 6.04. The summed E-state index contributed by atoms with van der Waals surface area (Å²) in [4.78, 5) is 12.7. The van der Waals surface area contributed by atoms with Crippen LogP contribution in [0.25, 0.3) is 0 Å². The quantitative estimate of drug-likeness (QED) is 0.571. The van der Waals surface area contributed by atoms with Gasteiger partial charge in [0.2, 0.25) is 0 Å². The van der Waals surface area contributed by atoms with Gasteiger partial charge in [-0.05, 0) is 56.3 Å². The smallest absolute Gasteiger partial charge is 0.255 e. The molecule has 5 heteroatoms. The first-order valence-corrected chi connectivity index (χ1v) is 9.49. The number of aryl methyl sites for hydroxylation is 1. The Morgan fingerprint density at radius 1 is 0.931 bits per heavy atom. The molecule has 0 heterocycles. The molecule has 0 bridgehead atoms. The Labute approximate surface area is 171 Å². The third-order valence-electron chi connectivity index (χ3n) is 4.37. The second-order valence-electron chi connectivity index (χ2n) is 6.54. The summed E-state index contributed by atoms with van der Waals surface area (Å²) >= 11 is 0. The van der Waals surface area contributed by atoms with Crippen molar-refractivity contribution in [3.63, 3.8) is 0 Å². The molecular formula is C24H25NO4. The molecule has 0 radical (unpaired) electrons. The zero-order valence-corrected chi connectivity index (χ0v) is 16.9. The van der Waals surface area contributed by atoms with E-state index in [0.717, 1.165) is 11.3 Å². The van der Waals surface area contributed by atoms with E-state index in [4.69, 9.17) is 14.2 Å². The average molecular weight is 391 g/mol. The van der Waals surface area contributed by atoms with E-state index in [1.165, 1.54) is 5.56 Å². The van der Waals surface area contributed by atoms with E-state index in [2.05, 4.69) is 5.32 Å². The van der Waals surface area contributed by atoms with Crippen LogP contribution in [0.3, 0.4) is 0 Å². The maximum Gasteiger partial charge on any atom is 0.255 e. The molecule has 3 rings (SSSR count). The van der Waals surface area contributed by atoms with Crippen LogP contribution in [0.4, 0.5) is 5.69 Å². The Hall–Kier alpha value is -3.47. The topological polar surface area (TPSA) is 56.8 Å². The molecule has 0 saturated heterocycles. The van der Waals surface area contributed by atoms with E-state index in [-0.39, 0.29) is 5.91 Å². The van der Waals surface area contributed by atoms with Gasteiger partial charge in [0.25, 0.3) is 5.91 Å². The Morgan fingerprint density at radius 2 is 1.72 bits per heavy atom. The molecule has 0 saturated carbocycles. The van der Waals surface area contributed by atoms with Crippen LogP contribution in [0.2, 0.25) is 0 Å². The number of hydrogen-bond acceptors (Lipinski definition) is 4. The number of benzene rings is 3. The van der Waals surface area contributed by atoms with E-state index in [9.17, 15) is 4.79 Å². The van der Waals surface area contributed by atoms with Gasteiger partial charge in [-0.15, -0.1) is 0 Å². The number of ether oxygens (including phenoxy) is 3. The van der Waals surface area contributed by atoms with Crippen LogP contribution in [0, 0.1) is 6.92 Å². The number of rotatable bonds is 8. The fraction of sp³-hybridized carbons (Fsp3) is 0.208. The maximum atomic E-state index is 12.7. The first-order valence-electron chi connectivity index (χ1n) is 9.49. The van der Waals surface area contributed by atoms with Gasteiger partial charge < -0.3 is 19.5 Å². The third-order valence-corrected chi connectivity index (χ3v) is 4.37.